The summed E-state index contributed by atoms with van der Waals surface area (Å²) < 4.78 is 17.7. The zero-order valence-corrected chi connectivity index (χ0v) is 55.0. The van der Waals surface area contributed by atoms with Crippen LogP contribution in [0, 0.1) is 0 Å². The van der Waals surface area contributed by atoms with Crippen LogP contribution in [0.5, 0.6) is 0 Å². The Hall–Kier alpha value is -2.90. The minimum Gasteiger partial charge on any atom is -0.454 e. The molecular weight excluding hydrogens is 1060 g/mol. The molecule has 1 aliphatic heterocycles. The molecule has 0 aromatic heterocycles. The Bertz CT molecular complexity index is 1660. The molecule has 494 valence electrons. The van der Waals surface area contributed by atoms with Crippen LogP contribution in [0.25, 0.3) is 0 Å². The number of nitrogens with one attached hydrogen (secondary N) is 1. The molecule has 0 radical (unpaired) electrons. The van der Waals surface area contributed by atoms with Gasteiger partial charge in [0.1, 0.15) is 24.4 Å². The fourth-order valence-corrected chi connectivity index (χ4v) is 10.9. The maximum Gasteiger partial charge on any atom is 0.306 e. The van der Waals surface area contributed by atoms with Gasteiger partial charge in [-0.2, -0.15) is 0 Å². The average Bonchev–Trinajstić information content (AvgIpc) is 3.22. The van der Waals surface area contributed by atoms with E-state index in [9.17, 15) is 35.1 Å². The number of aliphatic hydroxyl groups excluding tert-OH is 5. The van der Waals surface area contributed by atoms with Gasteiger partial charge < -0.3 is 45.1 Å². The first-order chi connectivity index (χ1) is 41.7. The molecule has 11 nitrogen and oxygen atoms in total. The van der Waals surface area contributed by atoms with E-state index in [2.05, 4.69) is 86.8 Å². The van der Waals surface area contributed by atoms with Crippen LogP contribution in [-0.4, -0.2) is 99.6 Å². The van der Waals surface area contributed by atoms with Gasteiger partial charge in [-0.25, -0.2) is 0 Å². The third-order valence-corrected chi connectivity index (χ3v) is 16.6. The molecule has 1 heterocycles. The number of carbonyl (C=O) groups excluding carboxylic acids is 2. The number of carbonyl (C=O) groups is 2. The van der Waals surface area contributed by atoms with Crippen molar-refractivity contribution >= 4 is 11.9 Å². The first-order valence-electron chi connectivity index (χ1n) is 35.7. The Morgan fingerprint density at radius 2 is 0.812 bits per heavy atom. The molecule has 0 aromatic rings. The number of ether oxygens (including phenoxy) is 3. The number of hydrogen-bond acceptors (Lipinski definition) is 10. The van der Waals surface area contributed by atoms with E-state index in [1.54, 1.807) is 6.08 Å². The van der Waals surface area contributed by atoms with Gasteiger partial charge in [0.15, 0.2) is 12.4 Å². The van der Waals surface area contributed by atoms with Gasteiger partial charge in [-0.3, -0.25) is 9.59 Å². The number of amides is 1. The Balaban J connectivity index is 2.58. The highest BCUT2D eigenvalue weighted by molar-refractivity contribution is 5.80. The molecule has 6 N–H and O–H groups in total. The normalized spacial score (nSPS) is 18.8. The summed E-state index contributed by atoms with van der Waals surface area (Å²) in [4.78, 5) is 26.7. The zero-order valence-electron chi connectivity index (χ0n) is 55.0. The predicted octanol–water partition coefficient (Wildman–Crippen LogP) is 18.3. The van der Waals surface area contributed by atoms with Gasteiger partial charge in [0.2, 0.25) is 5.91 Å². The summed E-state index contributed by atoms with van der Waals surface area (Å²) in [5.74, 6) is -1.20. The lowest BCUT2D eigenvalue weighted by molar-refractivity contribution is -0.305. The Morgan fingerprint density at radius 3 is 1.24 bits per heavy atom. The highest BCUT2D eigenvalue weighted by Gasteiger charge is 2.47. The summed E-state index contributed by atoms with van der Waals surface area (Å²) >= 11 is 0. The Labute approximate surface area is 521 Å². The lowest BCUT2D eigenvalue weighted by atomic mass is 9.99. The van der Waals surface area contributed by atoms with E-state index in [0.29, 0.717) is 12.8 Å². The van der Waals surface area contributed by atoms with Crippen molar-refractivity contribution in [2.24, 2.45) is 0 Å². The van der Waals surface area contributed by atoms with Crippen molar-refractivity contribution in [1.82, 2.24) is 5.32 Å². The van der Waals surface area contributed by atoms with Crippen LogP contribution in [-0.2, 0) is 23.8 Å². The van der Waals surface area contributed by atoms with Crippen molar-refractivity contribution in [1.29, 1.82) is 0 Å². The number of allylic oxidation sites excluding steroid dienone is 11. The maximum absolute atomic E-state index is 13.5. The molecule has 1 aliphatic rings. The second kappa shape index (κ2) is 61.3. The maximum atomic E-state index is 13.5. The second-order valence-electron chi connectivity index (χ2n) is 24.6. The van der Waals surface area contributed by atoms with Crippen molar-refractivity contribution in [3.8, 4) is 0 Å². The number of rotatable bonds is 61. The second-order valence-corrected chi connectivity index (χ2v) is 24.6. The minimum absolute atomic E-state index is 0.114. The Kier molecular flexibility index (Phi) is 57.8. The van der Waals surface area contributed by atoms with Crippen molar-refractivity contribution < 1.29 is 49.3 Å². The van der Waals surface area contributed by atoms with Crippen LogP contribution < -0.4 is 5.32 Å². The van der Waals surface area contributed by atoms with Gasteiger partial charge >= 0.3 is 5.97 Å². The summed E-state index contributed by atoms with van der Waals surface area (Å²) in [6, 6.07) is -1.03. The molecular formula is C74H133NO10. The van der Waals surface area contributed by atoms with Crippen molar-refractivity contribution in [3.63, 3.8) is 0 Å². The average molecular weight is 1200 g/mol. The van der Waals surface area contributed by atoms with Gasteiger partial charge in [0.25, 0.3) is 0 Å². The lowest BCUT2D eigenvalue weighted by Crippen LogP contribution is -2.61. The first kappa shape index (κ1) is 80.1. The van der Waals surface area contributed by atoms with Crippen LogP contribution >= 0.6 is 0 Å². The molecule has 1 amide bonds. The number of unbranched alkanes of at least 4 members (excludes halogenated alkanes) is 37. The molecule has 85 heavy (non-hydrogen) atoms. The predicted molar refractivity (Wildman–Crippen MR) is 356 cm³/mol. The molecule has 0 aromatic carbocycles. The third kappa shape index (κ3) is 48.7. The fraction of sp³-hybridized carbons (Fsp3) is 0.811. The molecule has 0 saturated carbocycles. The Morgan fingerprint density at radius 1 is 0.459 bits per heavy atom. The highest BCUT2D eigenvalue weighted by atomic mass is 16.7. The van der Waals surface area contributed by atoms with E-state index < -0.39 is 67.4 Å². The van der Waals surface area contributed by atoms with Crippen LogP contribution in [0.2, 0.25) is 0 Å². The minimum atomic E-state index is -1.62. The zero-order chi connectivity index (χ0) is 61.7. The van der Waals surface area contributed by atoms with E-state index in [4.69, 9.17) is 14.2 Å². The smallest absolute Gasteiger partial charge is 0.306 e. The molecule has 8 atom stereocenters. The monoisotopic (exact) mass is 1200 g/mol. The van der Waals surface area contributed by atoms with E-state index >= 15 is 0 Å². The molecule has 1 fully saturated rings. The van der Waals surface area contributed by atoms with E-state index in [0.717, 1.165) is 89.9 Å². The van der Waals surface area contributed by atoms with Gasteiger partial charge in [-0.15, -0.1) is 0 Å². The lowest BCUT2D eigenvalue weighted by Gasteiger charge is -2.41. The summed E-state index contributed by atoms with van der Waals surface area (Å²) in [5, 5.41) is 57.3. The van der Waals surface area contributed by atoms with Crippen molar-refractivity contribution in [2.75, 3.05) is 13.2 Å². The quantitative estimate of drug-likeness (QED) is 0.0195. The highest BCUT2D eigenvalue weighted by Crippen LogP contribution is 2.26. The molecule has 0 bridgehead atoms. The summed E-state index contributed by atoms with van der Waals surface area (Å²) in [5.41, 5.74) is 0. The van der Waals surface area contributed by atoms with Gasteiger partial charge in [-0.1, -0.05) is 293 Å². The van der Waals surface area contributed by atoms with E-state index in [1.165, 1.54) is 186 Å². The third-order valence-electron chi connectivity index (χ3n) is 16.6. The van der Waals surface area contributed by atoms with E-state index in [-0.39, 0.29) is 19.4 Å². The first-order valence-corrected chi connectivity index (χ1v) is 35.7. The molecule has 11 heteroatoms. The topological polar surface area (TPSA) is 175 Å². The number of esters is 1. The van der Waals surface area contributed by atoms with Gasteiger partial charge in [-0.05, 0) is 96.3 Å². The standard InChI is InChI=1S/C74H133NO10/c1-4-7-10-13-16-19-22-25-27-29-30-31-32-33-34-35-36-37-39-40-43-46-49-52-55-58-61-67(78)73(82)75-65(66(77)60-57-54-51-48-45-42-24-21-18-15-12-9-6-3)64-83-74-72(71(81)70(80)68(63-76)84-74)85-69(79)62-59-56-53-50-47-44-41-38-28-26-23-20-17-14-11-8-5-2/h16-17,19-20,25-28,30-31,57,60,65-68,70-72,74,76-78,80-81H,4-15,18,21-24,29,32-56,58-59,61-64H2,1-3H3,(H,75,82)/b19-16-,20-17-,27-25-,28-26-,31-30-,60-57+. The van der Waals surface area contributed by atoms with Crippen molar-refractivity contribution in [2.45, 2.75) is 372 Å². The van der Waals surface area contributed by atoms with Crippen LogP contribution in [0.4, 0.5) is 0 Å². The number of hydrogen-bond donors (Lipinski definition) is 6. The fourth-order valence-electron chi connectivity index (χ4n) is 10.9. The van der Waals surface area contributed by atoms with Crippen LogP contribution in [0.1, 0.15) is 323 Å². The van der Waals surface area contributed by atoms with Crippen molar-refractivity contribution in [3.05, 3.63) is 72.9 Å². The SMILES string of the molecule is CCCCC/C=C\C/C=C\C/C=C\CCCCCCCCCCCCCCCC(O)C(=O)NC(COC1OC(CO)C(O)C(O)C1OC(=O)CCCCCCCCC/C=C\C/C=C\CCCCC)C(O)/C=C/CCCCCCCCCCCCC. The molecule has 8 unspecified atom stereocenters. The number of aliphatic hydroxyl groups is 5. The molecule has 1 rings (SSSR count). The van der Waals surface area contributed by atoms with Gasteiger partial charge in [0.05, 0.1) is 25.4 Å². The summed E-state index contributed by atoms with van der Waals surface area (Å²) in [6.07, 6.45) is 69.4. The molecule has 0 spiro atoms. The van der Waals surface area contributed by atoms with E-state index in [1.807, 2.05) is 6.08 Å². The molecule has 1 saturated heterocycles. The van der Waals surface area contributed by atoms with Crippen LogP contribution in [0.15, 0.2) is 72.9 Å². The summed E-state index contributed by atoms with van der Waals surface area (Å²) in [7, 11) is 0. The summed E-state index contributed by atoms with van der Waals surface area (Å²) in [6.45, 7) is 5.77. The van der Waals surface area contributed by atoms with Gasteiger partial charge in [0, 0.05) is 6.42 Å². The largest absolute Gasteiger partial charge is 0.454 e. The van der Waals surface area contributed by atoms with Crippen LogP contribution in [0.3, 0.4) is 0 Å². The molecule has 0 aliphatic carbocycles.